The van der Waals surface area contributed by atoms with Gasteiger partial charge < -0.3 is 15.0 Å². The average Bonchev–Trinajstić information content (AvgIpc) is 2.91. The molecular formula is C14H18N4O2S. The van der Waals surface area contributed by atoms with E-state index < -0.39 is 11.5 Å². The van der Waals surface area contributed by atoms with E-state index in [9.17, 15) is 4.79 Å². The van der Waals surface area contributed by atoms with Gasteiger partial charge in [0.25, 0.3) is 0 Å². The van der Waals surface area contributed by atoms with Crippen molar-refractivity contribution in [3.05, 3.63) is 42.2 Å². The van der Waals surface area contributed by atoms with Crippen LogP contribution in [0.25, 0.3) is 0 Å². The number of ether oxygens (including phenoxy) is 1. The van der Waals surface area contributed by atoms with Crippen LogP contribution >= 0.6 is 11.8 Å². The van der Waals surface area contributed by atoms with Crippen molar-refractivity contribution >= 4 is 17.7 Å². The predicted molar refractivity (Wildman–Crippen MR) is 80.7 cm³/mol. The maximum atomic E-state index is 12.3. The molecule has 0 aliphatic rings. The molecule has 0 bridgehead atoms. The molecule has 0 aliphatic carbocycles. The summed E-state index contributed by atoms with van der Waals surface area (Å²) < 4.78 is 6.92. The zero-order valence-electron chi connectivity index (χ0n) is 12.0. The van der Waals surface area contributed by atoms with Crippen molar-refractivity contribution in [1.82, 2.24) is 14.8 Å². The fourth-order valence-electron chi connectivity index (χ4n) is 1.84. The summed E-state index contributed by atoms with van der Waals surface area (Å²) in [4.78, 5) is 12.3. The van der Waals surface area contributed by atoms with E-state index in [1.165, 1.54) is 11.8 Å². The quantitative estimate of drug-likeness (QED) is 0.640. The van der Waals surface area contributed by atoms with Crippen molar-refractivity contribution in [2.75, 3.05) is 12.4 Å². The summed E-state index contributed by atoms with van der Waals surface area (Å²) in [5, 5.41) is 8.50. The number of carbonyl (C=O) groups is 1. The van der Waals surface area contributed by atoms with Crippen molar-refractivity contribution in [3.63, 3.8) is 0 Å². The molecule has 0 saturated carbocycles. The van der Waals surface area contributed by atoms with Gasteiger partial charge in [-0.25, -0.2) is 4.79 Å². The molecule has 2 N–H and O–H groups in total. The van der Waals surface area contributed by atoms with Gasteiger partial charge in [-0.2, -0.15) is 0 Å². The molecule has 2 aromatic rings. The standard InChI is InChI=1S/C14H18N4O2S/c1-3-20-12(19)14(15,11-7-5-4-6-8-11)9-21-13-17-16-10-18(13)2/h4-8,10H,3,9,15H2,1-2H3. The number of thioether (sulfide) groups is 1. The maximum absolute atomic E-state index is 12.3. The van der Waals surface area contributed by atoms with Crippen LogP contribution < -0.4 is 5.73 Å². The van der Waals surface area contributed by atoms with E-state index in [2.05, 4.69) is 10.2 Å². The van der Waals surface area contributed by atoms with E-state index in [0.29, 0.717) is 17.5 Å². The third kappa shape index (κ3) is 3.43. The van der Waals surface area contributed by atoms with E-state index in [1.807, 2.05) is 37.4 Å². The molecule has 1 aromatic carbocycles. The van der Waals surface area contributed by atoms with Crippen molar-refractivity contribution in [2.24, 2.45) is 12.8 Å². The molecule has 1 atom stereocenters. The lowest BCUT2D eigenvalue weighted by Crippen LogP contribution is -2.48. The lowest BCUT2D eigenvalue weighted by molar-refractivity contribution is -0.149. The zero-order valence-corrected chi connectivity index (χ0v) is 12.8. The van der Waals surface area contributed by atoms with Gasteiger partial charge in [0.1, 0.15) is 11.9 Å². The molecular weight excluding hydrogens is 288 g/mol. The van der Waals surface area contributed by atoms with Crippen molar-refractivity contribution in [3.8, 4) is 0 Å². The number of hydrogen-bond donors (Lipinski definition) is 1. The first-order valence-corrected chi connectivity index (χ1v) is 7.55. The Morgan fingerprint density at radius 3 is 2.71 bits per heavy atom. The molecule has 7 heteroatoms. The van der Waals surface area contributed by atoms with Crippen molar-refractivity contribution in [2.45, 2.75) is 17.6 Å². The van der Waals surface area contributed by atoms with Crippen LogP contribution in [0.15, 0.2) is 41.8 Å². The first-order chi connectivity index (χ1) is 10.1. The van der Waals surface area contributed by atoms with Crippen LogP contribution in [0.3, 0.4) is 0 Å². The molecule has 21 heavy (non-hydrogen) atoms. The monoisotopic (exact) mass is 306 g/mol. The highest BCUT2D eigenvalue weighted by atomic mass is 32.2. The van der Waals surface area contributed by atoms with E-state index >= 15 is 0 Å². The van der Waals surface area contributed by atoms with Crippen LogP contribution in [0.2, 0.25) is 0 Å². The molecule has 2 rings (SSSR count). The van der Waals surface area contributed by atoms with Crippen LogP contribution in [-0.2, 0) is 22.1 Å². The Morgan fingerprint density at radius 2 is 2.14 bits per heavy atom. The Balaban J connectivity index is 2.24. The number of hydrogen-bond acceptors (Lipinski definition) is 6. The summed E-state index contributed by atoms with van der Waals surface area (Å²) >= 11 is 1.37. The second-order valence-corrected chi connectivity index (χ2v) is 5.51. The van der Waals surface area contributed by atoms with E-state index in [-0.39, 0.29) is 0 Å². The number of esters is 1. The molecule has 0 radical (unpaired) electrons. The fourth-order valence-corrected chi connectivity index (χ4v) is 2.83. The molecule has 0 amide bonds. The van der Waals surface area contributed by atoms with Gasteiger partial charge in [-0.3, -0.25) is 0 Å². The van der Waals surface area contributed by atoms with E-state index in [1.54, 1.807) is 17.8 Å². The minimum Gasteiger partial charge on any atom is -0.464 e. The van der Waals surface area contributed by atoms with Gasteiger partial charge in [0.05, 0.1) is 6.61 Å². The lowest BCUT2D eigenvalue weighted by Gasteiger charge is -2.27. The molecule has 1 aromatic heterocycles. The summed E-state index contributed by atoms with van der Waals surface area (Å²) in [6.45, 7) is 2.05. The average molecular weight is 306 g/mol. The highest BCUT2D eigenvalue weighted by Crippen LogP contribution is 2.28. The first kappa shape index (κ1) is 15.5. The van der Waals surface area contributed by atoms with Crippen LogP contribution in [0.1, 0.15) is 12.5 Å². The number of rotatable bonds is 6. The van der Waals surface area contributed by atoms with Crippen LogP contribution in [0.5, 0.6) is 0 Å². The van der Waals surface area contributed by atoms with Gasteiger partial charge in [-0.15, -0.1) is 10.2 Å². The maximum Gasteiger partial charge on any atom is 0.331 e. The summed E-state index contributed by atoms with van der Waals surface area (Å²) in [6, 6.07) is 9.24. The minimum absolute atomic E-state index is 0.291. The minimum atomic E-state index is -1.21. The van der Waals surface area contributed by atoms with Crippen LogP contribution in [0.4, 0.5) is 0 Å². The highest BCUT2D eigenvalue weighted by Gasteiger charge is 2.38. The van der Waals surface area contributed by atoms with Gasteiger partial charge in [0, 0.05) is 12.8 Å². The molecule has 0 spiro atoms. The Kier molecular flexibility index (Phi) is 4.98. The molecule has 1 unspecified atom stereocenters. The van der Waals surface area contributed by atoms with Gasteiger partial charge in [-0.1, -0.05) is 42.1 Å². The fraction of sp³-hybridized carbons (Fsp3) is 0.357. The number of aryl methyl sites for hydroxylation is 1. The number of nitrogens with zero attached hydrogens (tertiary/aromatic N) is 3. The second kappa shape index (κ2) is 6.73. The second-order valence-electron chi connectivity index (χ2n) is 4.57. The van der Waals surface area contributed by atoms with Crippen molar-refractivity contribution < 1.29 is 9.53 Å². The molecule has 0 saturated heterocycles. The normalized spacial score (nSPS) is 13.7. The third-order valence-electron chi connectivity index (χ3n) is 3.03. The van der Waals surface area contributed by atoms with Gasteiger partial charge in [0.15, 0.2) is 5.16 Å². The van der Waals surface area contributed by atoms with Crippen LogP contribution in [0, 0.1) is 0 Å². The summed E-state index contributed by atoms with van der Waals surface area (Å²) in [6.07, 6.45) is 1.60. The summed E-state index contributed by atoms with van der Waals surface area (Å²) in [5.41, 5.74) is 5.87. The van der Waals surface area contributed by atoms with Crippen molar-refractivity contribution in [1.29, 1.82) is 0 Å². The van der Waals surface area contributed by atoms with E-state index in [4.69, 9.17) is 10.5 Å². The highest BCUT2D eigenvalue weighted by molar-refractivity contribution is 7.99. The molecule has 112 valence electrons. The molecule has 1 heterocycles. The van der Waals surface area contributed by atoms with Gasteiger partial charge in [0.2, 0.25) is 0 Å². The number of carbonyl (C=O) groups excluding carboxylic acids is 1. The van der Waals surface area contributed by atoms with Crippen LogP contribution in [-0.4, -0.2) is 33.1 Å². The molecule has 0 aliphatic heterocycles. The number of nitrogens with two attached hydrogens (primary N) is 1. The smallest absolute Gasteiger partial charge is 0.331 e. The Hall–Kier alpha value is -1.86. The first-order valence-electron chi connectivity index (χ1n) is 6.56. The lowest BCUT2D eigenvalue weighted by atomic mass is 9.93. The van der Waals surface area contributed by atoms with E-state index in [0.717, 1.165) is 5.56 Å². The largest absolute Gasteiger partial charge is 0.464 e. The number of aromatic nitrogens is 3. The topological polar surface area (TPSA) is 83.0 Å². The zero-order chi connectivity index (χ0) is 15.3. The summed E-state index contributed by atoms with van der Waals surface area (Å²) in [7, 11) is 1.84. The predicted octanol–water partition coefficient (Wildman–Crippen LogP) is 1.32. The Morgan fingerprint density at radius 1 is 1.43 bits per heavy atom. The Bertz CT molecular complexity index is 602. The van der Waals surface area contributed by atoms with Gasteiger partial charge in [-0.05, 0) is 12.5 Å². The van der Waals surface area contributed by atoms with Gasteiger partial charge >= 0.3 is 5.97 Å². The number of benzene rings is 1. The SMILES string of the molecule is CCOC(=O)C(N)(CSc1nncn1C)c1ccccc1. The third-order valence-corrected chi connectivity index (χ3v) is 4.25. The Labute approximate surface area is 127 Å². The molecule has 6 nitrogen and oxygen atoms in total. The summed E-state index contributed by atoms with van der Waals surface area (Å²) in [5.74, 6) is -0.117. The molecule has 0 fully saturated rings.